The van der Waals surface area contributed by atoms with Gasteiger partial charge in [0.25, 0.3) is 0 Å². The predicted octanol–water partition coefficient (Wildman–Crippen LogP) is 6.05. The van der Waals surface area contributed by atoms with Crippen molar-refractivity contribution in [1.82, 2.24) is 0 Å². The number of hydrogen-bond acceptors (Lipinski definition) is 0. The van der Waals surface area contributed by atoms with Gasteiger partial charge in [0.05, 0.1) is 0 Å². The van der Waals surface area contributed by atoms with Gasteiger partial charge in [0.1, 0.15) is 0 Å². The first-order chi connectivity index (χ1) is 8.31. The SMILES string of the molecule is CCCCCCCCCCCCCC([Se])CC. The molecule has 0 heterocycles. The van der Waals surface area contributed by atoms with Crippen molar-refractivity contribution in [3.05, 3.63) is 0 Å². The van der Waals surface area contributed by atoms with Gasteiger partial charge in [-0.3, -0.25) is 0 Å². The molecule has 17 heavy (non-hydrogen) atoms. The fourth-order valence-corrected chi connectivity index (χ4v) is 2.59. The summed E-state index contributed by atoms with van der Waals surface area (Å²) < 4.78 is 0. The Morgan fingerprint density at radius 3 is 1.47 bits per heavy atom. The molecule has 0 rings (SSSR count). The molecule has 1 heteroatoms. The summed E-state index contributed by atoms with van der Waals surface area (Å²) in [4.78, 5) is 0.827. The Labute approximate surface area is 118 Å². The van der Waals surface area contributed by atoms with Crippen LogP contribution in [0.25, 0.3) is 0 Å². The van der Waals surface area contributed by atoms with Gasteiger partial charge in [0, 0.05) is 0 Å². The summed E-state index contributed by atoms with van der Waals surface area (Å²) in [7, 11) is 0. The standard InChI is InChI=1S/C16H33Se/c1-3-5-6-7-8-9-10-11-12-13-14-15-16(17)4-2/h16H,3-15H2,1-2H3. The van der Waals surface area contributed by atoms with E-state index in [2.05, 4.69) is 29.9 Å². The van der Waals surface area contributed by atoms with Crippen LogP contribution in [0.15, 0.2) is 0 Å². The van der Waals surface area contributed by atoms with Crippen molar-refractivity contribution in [2.24, 2.45) is 0 Å². The minimum atomic E-state index is 0.827. The zero-order valence-electron chi connectivity index (χ0n) is 12.2. The summed E-state index contributed by atoms with van der Waals surface area (Å²) in [6, 6.07) is 0. The average Bonchev–Trinajstić information content (AvgIpc) is 2.35. The van der Waals surface area contributed by atoms with E-state index in [-0.39, 0.29) is 0 Å². The van der Waals surface area contributed by atoms with Crippen molar-refractivity contribution in [3.8, 4) is 0 Å². The molecule has 0 aliphatic carbocycles. The molecule has 103 valence electrons. The fraction of sp³-hybridized carbons (Fsp3) is 1.00. The summed E-state index contributed by atoms with van der Waals surface area (Å²) in [5.74, 6) is 0. The maximum absolute atomic E-state index is 3.26. The van der Waals surface area contributed by atoms with E-state index in [1.807, 2.05) is 0 Å². The Balaban J connectivity index is 2.94. The van der Waals surface area contributed by atoms with Crippen LogP contribution in [0.1, 0.15) is 97.3 Å². The van der Waals surface area contributed by atoms with E-state index in [1.165, 1.54) is 83.5 Å². The topological polar surface area (TPSA) is 0 Å². The van der Waals surface area contributed by atoms with Crippen molar-refractivity contribution in [3.63, 3.8) is 0 Å². The third-order valence-electron chi connectivity index (χ3n) is 3.58. The molecule has 0 aliphatic heterocycles. The monoisotopic (exact) mass is 305 g/mol. The van der Waals surface area contributed by atoms with E-state index < -0.39 is 0 Å². The van der Waals surface area contributed by atoms with Crippen LogP contribution in [0.3, 0.4) is 0 Å². The fourth-order valence-electron chi connectivity index (χ4n) is 2.24. The Morgan fingerprint density at radius 1 is 0.647 bits per heavy atom. The Kier molecular flexibility index (Phi) is 15.0. The van der Waals surface area contributed by atoms with Gasteiger partial charge in [-0.25, -0.2) is 0 Å². The number of hydrogen-bond donors (Lipinski definition) is 0. The van der Waals surface area contributed by atoms with Crippen molar-refractivity contribution < 1.29 is 0 Å². The third-order valence-corrected chi connectivity index (χ3v) is 4.78. The Hall–Kier alpha value is 0.519. The van der Waals surface area contributed by atoms with Crippen LogP contribution in [-0.2, 0) is 0 Å². The van der Waals surface area contributed by atoms with Crippen molar-refractivity contribution in [2.45, 2.75) is 102 Å². The molecule has 0 spiro atoms. The van der Waals surface area contributed by atoms with Gasteiger partial charge in [-0.2, -0.15) is 0 Å². The van der Waals surface area contributed by atoms with Crippen LogP contribution in [-0.4, -0.2) is 16.0 Å². The van der Waals surface area contributed by atoms with Crippen molar-refractivity contribution >= 4 is 16.0 Å². The molecule has 0 saturated carbocycles. The Morgan fingerprint density at radius 2 is 1.06 bits per heavy atom. The van der Waals surface area contributed by atoms with Gasteiger partial charge in [0.2, 0.25) is 0 Å². The first-order valence-corrected chi connectivity index (χ1v) is 8.96. The van der Waals surface area contributed by atoms with E-state index in [1.54, 1.807) is 0 Å². The molecule has 0 bridgehead atoms. The Bertz CT molecular complexity index is 133. The van der Waals surface area contributed by atoms with Gasteiger partial charge in [-0.05, 0) is 0 Å². The molecule has 0 N–H and O–H groups in total. The molecular weight excluding hydrogens is 271 g/mol. The van der Waals surface area contributed by atoms with Crippen LogP contribution in [0.2, 0.25) is 4.82 Å². The molecule has 0 aromatic carbocycles. The van der Waals surface area contributed by atoms with E-state index in [9.17, 15) is 0 Å². The summed E-state index contributed by atoms with van der Waals surface area (Å²) in [6.07, 6.45) is 18.7. The molecule has 0 amide bonds. The summed E-state index contributed by atoms with van der Waals surface area (Å²) >= 11 is 3.26. The van der Waals surface area contributed by atoms with E-state index in [0.717, 1.165) is 4.82 Å². The molecule has 0 fully saturated rings. The van der Waals surface area contributed by atoms with Crippen LogP contribution in [0.4, 0.5) is 0 Å². The zero-order chi connectivity index (χ0) is 12.8. The molecule has 1 atom stereocenters. The first-order valence-electron chi connectivity index (χ1n) is 7.97. The average molecular weight is 304 g/mol. The molecule has 1 radical (unpaired) electrons. The molecule has 0 aromatic heterocycles. The van der Waals surface area contributed by atoms with Gasteiger partial charge in [-0.1, -0.05) is 13.3 Å². The summed E-state index contributed by atoms with van der Waals surface area (Å²) in [5.41, 5.74) is 0. The van der Waals surface area contributed by atoms with Crippen molar-refractivity contribution in [2.75, 3.05) is 0 Å². The normalized spacial score (nSPS) is 12.9. The van der Waals surface area contributed by atoms with Crippen molar-refractivity contribution in [1.29, 1.82) is 0 Å². The second kappa shape index (κ2) is 14.6. The second-order valence-corrected chi connectivity index (χ2v) is 6.75. The van der Waals surface area contributed by atoms with Gasteiger partial charge in [0.15, 0.2) is 0 Å². The second-order valence-electron chi connectivity index (χ2n) is 5.35. The van der Waals surface area contributed by atoms with Gasteiger partial charge >= 0.3 is 105 Å². The third kappa shape index (κ3) is 14.5. The van der Waals surface area contributed by atoms with Crippen LogP contribution < -0.4 is 0 Å². The van der Waals surface area contributed by atoms with Crippen LogP contribution in [0.5, 0.6) is 0 Å². The molecule has 0 nitrogen and oxygen atoms in total. The maximum atomic E-state index is 3.26. The molecular formula is C16H33Se. The first kappa shape index (κ1) is 17.5. The minimum absolute atomic E-state index is 0.827. The predicted molar refractivity (Wildman–Crippen MR) is 80.9 cm³/mol. The molecule has 0 aliphatic rings. The number of unbranched alkanes of at least 4 members (excludes halogenated alkanes) is 10. The summed E-state index contributed by atoms with van der Waals surface area (Å²) in [5, 5.41) is 0. The van der Waals surface area contributed by atoms with Gasteiger partial charge < -0.3 is 0 Å². The summed E-state index contributed by atoms with van der Waals surface area (Å²) in [6.45, 7) is 4.57. The van der Waals surface area contributed by atoms with E-state index in [4.69, 9.17) is 0 Å². The van der Waals surface area contributed by atoms with Crippen LogP contribution >= 0.6 is 0 Å². The number of rotatable bonds is 13. The molecule has 0 saturated heterocycles. The van der Waals surface area contributed by atoms with Gasteiger partial charge in [-0.15, -0.1) is 0 Å². The van der Waals surface area contributed by atoms with E-state index in [0.29, 0.717) is 0 Å². The molecule has 1 unspecified atom stereocenters. The van der Waals surface area contributed by atoms with Crippen LogP contribution in [0, 0.1) is 0 Å². The molecule has 0 aromatic rings. The van der Waals surface area contributed by atoms with E-state index >= 15 is 0 Å². The quantitative estimate of drug-likeness (QED) is 0.287. The zero-order valence-corrected chi connectivity index (χ0v) is 13.9.